The van der Waals surface area contributed by atoms with Gasteiger partial charge in [-0.2, -0.15) is 0 Å². The van der Waals surface area contributed by atoms with Gasteiger partial charge in [-0.3, -0.25) is 14.5 Å². The van der Waals surface area contributed by atoms with Crippen LogP contribution in [-0.4, -0.2) is 32.0 Å². The summed E-state index contributed by atoms with van der Waals surface area (Å²) in [5, 5.41) is 0. The molecule has 27 heavy (non-hydrogen) atoms. The summed E-state index contributed by atoms with van der Waals surface area (Å²) in [4.78, 5) is 37.0. The highest BCUT2D eigenvalue weighted by atomic mass is 16.5. The number of nitrogens with zero attached hydrogens (tertiary/aromatic N) is 1. The number of benzene rings is 2. The minimum absolute atomic E-state index is 0.0179. The third-order valence-electron chi connectivity index (χ3n) is 4.26. The Hall–Kier alpha value is -3.35. The molecule has 1 heterocycles. The molecule has 140 valence electrons. The first-order valence-electron chi connectivity index (χ1n) is 8.37. The Kier molecular flexibility index (Phi) is 5.40. The molecule has 7 nitrogen and oxygen atoms in total. The van der Waals surface area contributed by atoms with Gasteiger partial charge in [0.2, 0.25) is 11.8 Å². The predicted molar refractivity (Wildman–Crippen MR) is 96.8 cm³/mol. The van der Waals surface area contributed by atoms with Crippen LogP contribution in [0.25, 0.3) is 0 Å². The average molecular weight is 369 g/mol. The highest BCUT2D eigenvalue weighted by Gasteiger charge is 2.30. The third kappa shape index (κ3) is 3.92. The van der Waals surface area contributed by atoms with E-state index in [0.717, 1.165) is 4.90 Å². The third-order valence-corrected chi connectivity index (χ3v) is 4.26. The molecule has 0 spiro atoms. The van der Waals surface area contributed by atoms with E-state index >= 15 is 0 Å². The second-order valence-corrected chi connectivity index (χ2v) is 5.92. The molecule has 0 N–H and O–H groups in total. The van der Waals surface area contributed by atoms with Crippen molar-refractivity contribution in [3.63, 3.8) is 0 Å². The summed E-state index contributed by atoms with van der Waals surface area (Å²) in [6.07, 6.45) is 0.427. The molecule has 1 aliphatic heterocycles. The molecule has 1 fully saturated rings. The summed E-state index contributed by atoms with van der Waals surface area (Å²) in [7, 11) is 3.09. The Bertz CT molecular complexity index is 859. The second-order valence-electron chi connectivity index (χ2n) is 5.92. The molecule has 1 aliphatic rings. The topological polar surface area (TPSA) is 82.1 Å². The van der Waals surface area contributed by atoms with Crippen molar-refractivity contribution in [1.82, 2.24) is 0 Å². The summed E-state index contributed by atoms with van der Waals surface area (Å²) in [5.74, 6) is 0.225. The van der Waals surface area contributed by atoms with Gasteiger partial charge in [-0.25, -0.2) is 4.79 Å². The van der Waals surface area contributed by atoms with E-state index in [0.29, 0.717) is 28.3 Å². The minimum Gasteiger partial charge on any atom is -0.497 e. The standard InChI is InChI=1S/C20H19NO6/c1-25-16-7-8-17(26-2)14(11-16)12-27-20(24)13-3-5-15(6-4-13)21-18(22)9-10-19(21)23/h3-8,11H,9-10,12H2,1-2H3. The quantitative estimate of drug-likeness (QED) is 0.575. The molecule has 0 aliphatic carbocycles. The van der Waals surface area contributed by atoms with E-state index in [4.69, 9.17) is 14.2 Å². The molecule has 0 saturated carbocycles. The van der Waals surface area contributed by atoms with E-state index in [1.165, 1.54) is 19.2 Å². The molecule has 0 atom stereocenters. The number of anilines is 1. The van der Waals surface area contributed by atoms with Crippen LogP contribution in [0.1, 0.15) is 28.8 Å². The van der Waals surface area contributed by atoms with Gasteiger partial charge in [0.05, 0.1) is 25.5 Å². The van der Waals surface area contributed by atoms with Gasteiger partial charge in [-0.1, -0.05) is 0 Å². The first-order valence-corrected chi connectivity index (χ1v) is 8.37. The zero-order chi connectivity index (χ0) is 19.4. The Morgan fingerprint density at radius 3 is 2.22 bits per heavy atom. The van der Waals surface area contributed by atoms with E-state index in [1.54, 1.807) is 37.4 Å². The van der Waals surface area contributed by atoms with Gasteiger partial charge in [0.25, 0.3) is 0 Å². The van der Waals surface area contributed by atoms with Gasteiger partial charge in [0.15, 0.2) is 0 Å². The molecule has 1 saturated heterocycles. The number of carbonyl (C=O) groups excluding carboxylic acids is 3. The number of rotatable bonds is 6. The smallest absolute Gasteiger partial charge is 0.338 e. The molecular weight excluding hydrogens is 350 g/mol. The zero-order valence-electron chi connectivity index (χ0n) is 15.1. The Morgan fingerprint density at radius 1 is 0.963 bits per heavy atom. The number of hydrogen-bond donors (Lipinski definition) is 0. The van der Waals surface area contributed by atoms with Gasteiger partial charge in [-0.05, 0) is 42.5 Å². The molecule has 2 amide bonds. The number of amides is 2. The van der Waals surface area contributed by atoms with E-state index in [-0.39, 0.29) is 31.3 Å². The molecule has 2 aromatic rings. The fourth-order valence-electron chi connectivity index (χ4n) is 2.83. The SMILES string of the molecule is COc1ccc(OC)c(COC(=O)c2ccc(N3C(=O)CCC3=O)cc2)c1. The number of methoxy groups -OCH3 is 2. The minimum atomic E-state index is -0.523. The van der Waals surface area contributed by atoms with Crippen LogP contribution >= 0.6 is 0 Å². The van der Waals surface area contributed by atoms with Crippen LogP contribution < -0.4 is 14.4 Å². The Balaban J connectivity index is 1.68. The van der Waals surface area contributed by atoms with Gasteiger partial charge < -0.3 is 14.2 Å². The maximum absolute atomic E-state index is 12.3. The maximum atomic E-state index is 12.3. The monoisotopic (exact) mass is 369 g/mol. The largest absolute Gasteiger partial charge is 0.497 e. The van der Waals surface area contributed by atoms with Crippen LogP contribution in [0.3, 0.4) is 0 Å². The van der Waals surface area contributed by atoms with Gasteiger partial charge in [0, 0.05) is 18.4 Å². The number of hydrogen-bond acceptors (Lipinski definition) is 6. The van der Waals surface area contributed by atoms with Crippen molar-refractivity contribution >= 4 is 23.5 Å². The lowest BCUT2D eigenvalue weighted by Gasteiger charge is -2.14. The van der Waals surface area contributed by atoms with Crippen molar-refractivity contribution < 1.29 is 28.6 Å². The van der Waals surface area contributed by atoms with Crippen molar-refractivity contribution in [2.75, 3.05) is 19.1 Å². The predicted octanol–water partition coefficient (Wildman–Crippen LogP) is 2.71. The van der Waals surface area contributed by atoms with E-state index in [2.05, 4.69) is 0 Å². The van der Waals surface area contributed by atoms with Gasteiger partial charge in [0.1, 0.15) is 18.1 Å². The summed E-state index contributed by atoms with van der Waals surface area (Å²) < 4.78 is 15.8. The maximum Gasteiger partial charge on any atom is 0.338 e. The van der Waals surface area contributed by atoms with Crippen molar-refractivity contribution in [2.45, 2.75) is 19.4 Å². The van der Waals surface area contributed by atoms with Crippen LogP contribution in [-0.2, 0) is 20.9 Å². The molecule has 3 rings (SSSR count). The normalized spacial score (nSPS) is 13.6. The van der Waals surface area contributed by atoms with Crippen LogP contribution in [0, 0.1) is 0 Å². The van der Waals surface area contributed by atoms with E-state index in [1.807, 2.05) is 0 Å². The molecular formula is C20H19NO6. The second kappa shape index (κ2) is 7.90. The first kappa shape index (κ1) is 18.4. The summed E-state index contributed by atoms with van der Waals surface area (Å²) in [6.45, 7) is 0.0179. The fourth-order valence-corrected chi connectivity index (χ4v) is 2.83. The molecule has 2 aromatic carbocycles. The molecule has 0 unspecified atom stereocenters. The average Bonchev–Trinajstić information content (AvgIpc) is 3.04. The molecule has 0 bridgehead atoms. The zero-order valence-corrected chi connectivity index (χ0v) is 15.1. The van der Waals surface area contributed by atoms with Crippen LogP contribution in [0.2, 0.25) is 0 Å². The van der Waals surface area contributed by atoms with Crippen LogP contribution in [0.4, 0.5) is 5.69 Å². The lowest BCUT2D eigenvalue weighted by Crippen LogP contribution is -2.28. The van der Waals surface area contributed by atoms with Crippen molar-refractivity contribution in [3.05, 3.63) is 53.6 Å². The Morgan fingerprint density at radius 2 is 1.63 bits per heavy atom. The number of carbonyl (C=O) groups is 3. The van der Waals surface area contributed by atoms with Crippen LogP contribution in [0.15, 0.2) is 42.5 Å². The highest BCUT2D eigenvalue weighted by molar-refractivity contribution is 6.19. The van der Waals surface area contributed by atoms with Crippen LogP contribution in [0.5, 0.6) is 11.5 Å². The summed E-state index contributed by atoms with van der Waals surface area (Å²) in [6, 6.07) is 11.4. The first-order chi connectivity index (χ1) is 13.0. The van der Waals surface area contributed by atoms with Crippen molar-refractivity contribution in [2.24, 2.45) is 0 Å². The van der Waals surface area contributed by atoms with Crippen molar-refractivity contribution in [3.8, 4) is 11.5 Å². The highest BCUT2D eigenvalue weighted by Crippen LogP contribution is 2.26. The Labute approximate surface area is 156 Å². The number of ether oxygens (including phenoxy) is 3. The lowest BCUT2D eigenvalue weighted by atomic mass is 10.2. The van der Waals surface area contributed by atoms with Gasteiger partial charge >= 0.3 is 5.97 Å². The number of imide groups is 1. The van der Waals surface area contributed by atoms with Gasteiger partial charge in [-0.15, -0.1) is 0 Å². The molecule has 0 aromatic heterocycles. The van der Waals surface area contributed by atoms with E-state index in [9.17, 15) is 14.4 Å². The summed E-state index contributed by atoms with van der Waals surface area (Å²) in [5.41, 5.74) is 1.45. The lowest BCUT2D eigenvalue weighted by molar-refractivity contribution is -0.121. The van der Waals surface area contributed by atoms with E-state index < -0.39 is 5.97 Å². The fraction of sp³-hybridized carbons (Fsp3) is 0.250. The number of esters is 1. The molecule has 0 radical (unpaired) electrons. The molecule has 7 heteroatoms. The summed E-state index contributed by atoms with van der Waals surface area (Å²) >= 11 is 0. The van der Waals surface area contributed by atoms with Crippen molar-refractivity contribution in [1.29, 1.82) is 0 Å².